The maximum Gasteiger partial charge on any atom is 0.0621 e. The second-order valence-corrected chi connectivity index (χ2v) is 5.19. The fourth-order valence-corrected chi connectivity index (χ4v) is 1.53. The first kappa shape index (κ1) is 14.4. The van der Waals surface area contributed by atoms with Crippen molar-refractivity contribution in [2.24, 2.45) is 5.41 Å². The molecule has 0 aliphatic rings. The Morgan fingerprint density at radius 2 is 2.00 bits per heavy atom. The van der Waals surface area contributed by atoms with Crippen molar-refractivity contribution in [3.63, 3.8) is 0 Å². The van der Waals surface area contributed by atoms with E-state index in [1.807, 2.05) is 0 Å². The number of nitriles is 1. The van der Waals surface area contributed by atoms with Crippen LogP contribution in [0.25, 0.3) is 0 Å². The van der Waals surface area contributed by atoms with Gasteiger partial charge in [-0.15, -0.1) is 0 Å². The third-order valence-corrected chi connectivity index (χ3v) is 2.54. The molecule has 0 spiro atoms. The third-order valence-electron chi connectivity index (χ3n) is 2.54. The van der Waals surface area contributed by atoms with E-state index in [1.165, 1.54) is 0 Å². The zero-order valence-electron chi connectivity index (χ0n) is 10.4. The maximum absolute atomic E-state index is 9.21. The molecule has 0 saturated heterocycles. The summed E-state index contributed by atoms with van der Waals surface area (Å²) in [4.78, 5) is 0. The zero-order valence-corrected chi connectivity index (χ0v) is 10.4. The quantitative estimate of drug-likeness (QED) is 0.679. The predicted molar refractivity (Wildman–Crippen MR) is 62.4 cm³/mol. The highest BCUT2D eigenvalue weighted by molar-refractivity contribution is 4.80. The average molecular weight is 212 g/mol. The summed E-state index contributed by atoms with van der Waals surface area (Å²) in [6, 6.07) is 2.50. The van der Waals surface area contributed by atoms with Crippen LogP contribution in [0, 0.1) is 16.7 Å². The van der Waals surface area contributed by atoms with E-state index in [-0.39, 0.29) is 11.5 Å². The first-order valence-corrected chi connectivity index (χ1v) is 5.66. The van der Waals surface area contributed by atoms with Gasteiger partial charge in [0, 0.05) is 19.0 Å². The summed E-state index contributed by atoms with van der Waals surface area (Å²) >= 11 is 0. The van der Waals surface area contributed by atoms with Gasteiger partial charge < -0.3 is 10.4 Å². The topological polar surface area (TPSA) is 56.0 Å². The smallest absolute Gasteiger partial charge is 0.0621 e. The van der Waals surface area contributed by atoms with E-state index in [0.717, 1.165) is 19.4 Å². The average Bonchev–Trinajstić information content (AvgIpc) is 2.11. The van der Waals surface area contributed by atoms with Gasteiger partial charge in [-0.3, -0.25) is 0 Å². The number of nitrogens with one attached hydrogen (secondary N) is 1. The second kappa shape index (κ2) is 6.81. The zero-order chi connectivity index (χ0) is 11.9. The van der Waals surface area contributed by atoms with Crippen molar-refractivity contribution in [3.8, 4) is 6.07 Å². The van der Waals surface area contributed by atoms with Crippen molar-refractivity contribution in [2.75, 3.05) is 6.54 Å². The molecule has 0 aromatic rings. The first-order chi connectivity index (χ1) is 6.87. The highest BCUT2D eigenvalue weighted by Gasteiger charge is 2.18. The highest BCUT2D eigenvalue weighted by atomic mass is 16.3. The van der Waals surface area contributed by atoms with Gasteiger partial charge in [0.2, 0.25) is 0 Å². The molecule has 0 amide bonds. The maximum atomic E-state index is 9.21. The highest BCUT2D eigenvalue weighted by Crippen LogP contribution is 2.21. The summed E-state index contributed by atoms with van der Waals surface area (Å²) in [7, 11) is 0. The van der Waals surface area contributed by atoms with Crippen LogP contribution in [0.15, 0.2) is 0 Å². The summed E-state index contributed by atoms with van der Waals surface area (Å²) in [6.45, 7) is 9.09. The number of aliphatic hydroxyl groups excluding tert-OH is 1. The predicted octanol–water partition coefficient (Wildman–Crippen LogP) is 2.07. The molecule has 0 aliphatic heterocycles. The molecule has 2 N–H and O–H groups in total. The third kappa shape index (κ3) is 8.41. The van der Waals surface area contributed by atoms with Crippen molar-refractivity contribution in [1.29, 1.82) is 5.26 Å². The van der Waals surface area contributed by atoms with Crippen LogP contribution >= 0.6 is 0 Å². The molecule has 0 rings (SSSR count). The van der Waals surface area contributed by atoms with E-state index < -0.39 is 0 Å². The second-order valence-electron chi connectivity index (χ2n) is 5.19. The molecular weight excluding hydrogens is 188 g/mol. The lowest BCUT2D eigenvalue weighted by Crippen LogP contribution is -2.36. The Kier molecular flexibility index (Phi) is 6.55. The Morgan fingerprint density at radius 3 is 2.47 bits per heavy atom. The monoisotopic (exact) mass is 212 g/mol. The normalized spacial score (nSPS) is 15.7. The molecule has 0 aromatic heterocycles. The minimum Gasteiger partial charge on any atom is -0.393 e. The summed E-state index contributed by atoms with van der Waals surface area (Å²) < 4.78 is 0. The number of hydrogen-bond donors (Lipinski definition) is 2. The Morgan fingerprint density at radius 1 is 1.40 bits per heavy atom. The molecule has 15 heavy (non-hydrogen) atoms. The fraction of sp³-hybridized carbons (Fsp3) is 0.917. The lowest BCUT2D eigenvalue weighted by Gasteiger charge is -2.26. The molecule has 3 nitrogen and oxygen atoms in total. The molecule has 2 unspecified atom stereocenters. The van der Waals surface area contributed by atoms with Gasteiger partial charge in [0.25, 0.3) is 0 Å². The summed E-state index contributed by atoms with van der Waals surface area (Å²) in [5.74, 6) is 0. The molecular formula is C12H24N2O. The van der Waals surface area contributed by atoms with Crippen LogP contribution in [0.5, 0.6) is 0 Å². The van der Waals surface area contributed by atoms with Crippen LogP contribution in [0.4, 0.5) is 0 Å². The van der Waals surface area contributed by atoms with Crippen molar-refractivity contribution >= 4 is 0 Å². The van der Waals surface area contributed by atoms with Crippen LogP contribution in [0.3, 0.4) is 0 Å². The van der Waals surface area contributed by atoms with Crippen LogP contribution in [0.2, 0.25) is 0 Å². The Bertz CT molecular complexity index is 206. The van der Waals surface area contributed by atoms with E-state index in [4.69, 9.17) is 5.26 Å². The van der Waals surface area contributed by atoms with Crippen molar-refractivity contribution < 1.29 is 5.11 Å². The molecule has 0 saturated carbocycles. The summed E-state index contributed by atoms with van der Waals surface area (Å²) in [6.07, 6.45) is 2.04. The Hall–Kier alpha value is -0.590. The molecule has 0 aliphatic carbocycles. The van der Waals surface area contributed by atoms with E-state index in [2.05, 4.69) is 32.2 Å². The molecule has 2 atom stereocenters. The van der Waals surface area contributed by atoms with Gasteiger partial charge in [-0.2, -0.15) is 5.26 Å². The van der Waals surface area contributed by atoms with E-state index in [0.29, 0.717) is 12.5 Å². The SMILES string of the molecule is CC(O)CC(C)NCC(C)(C)CCC#N. The van der Waals surface area contributed by atoms with Gasteiger partial charge in [-0.25, -0.2) is 0 Å². The molecule has 88 valence electrons. The number of aliphatic hydroxyl groups is 1. The van der Waals surface area contributed by atoms with Gasteiger partial charge in [-0.05, 0) is 32.1 Å². The Balaban J connectivity index is 3.77. The van der Waals surface area contributed by atoms with Gasteiger partial charge in [0.1, 0.15) is 0 Å². The van der Waals surface area contributed by atoms with E-state index >= 15 is 0 Å². The van der Waals surface area contributed by atoms with Crippen LogP contribution in [0.1, 0.15) is 47.0 Å². The minimum atomic E-state index is -0.255. The number of hydrogen-bond acceptors (Lipinski definition) is 3. The number of rotatable bonds is 7. The molecule has 0 fully saturated rings. The molecule has 0 heterocycles. The van der Waals surface area contributed by atoms with E-state index in [1.54, 1.807) is 6.92 Å². The first-order valence-electron chi connectivity index (χ1n) is 5.66. The minimum absolute atomic E-state index is 0.155. The molecule has 0 bridgehead atoms. The van der Waals surface area contributed by atoms with Crippen molar-refractivity contribution in [2.45, 2.75) is 59.1 Å². The Labute approximate surface area is 93.5 Å². The van der Waals surface area contributed by atoms with Crippen molar-refractivity contribution in [1.82, 2.24) is 5.32 Å². The van der Waals surface area contributed by atoms with Gasteiger partial charge in [0.05, 0.1) is 12.2 Å². The summed E-state index contributed by atoms with van der Waals surface area (Å²) in [5, 5.41) is 21.1. The fourth-order valence-electron chi connectivity index (χ4n) is 1.53. The molecule has 3 heteroatoms. The lowest BCUT2D eigenvalue weighted by molar-refractivity contribution is 0.166. The van der Waals surface area contributed by atoms with Crippen LogP contribution < -0.4 is 5.32 Å². The number of nitrogens with zero attached hydrogens (tertiary/aromatic N) is 1. The van der Waals surface area contributed by atoms with Crippen molar-refractivity contribution in [3.05, 3.63) is 0 Å². The van der Waals surface area contributed by atoms with Gasteiger partial charge >= 0.3 is 0 Å². The lowest BCUT2D eigenvalue weighted by atomic mass is 9.87. The van der Waals surface area contributed by atoms with E-state index in [9.17, 15) is 5.11 Å². The largest absolute Gasteiger partial charge is 0.393 e. The van der Waals surface area contributed by atoms with Crippen LogP contribution in [-0.2, 0) is 0 Å². The van der Waals surface area contributed by atoms with Gasteiger partial charge in [-0.1, -0.05) is 13.8 Å². The van der Waals surface area contributed by atoms with Gasteiger partial charge in [0.15, 0.2) is 0 Å². The molecule has 0 aromatic carbocycles. The summed E-state index contributed by atoms with van der Waals surface area (Å²) in [5.41, 5.74) is 0.155. The molecule has 0 radical (unpaired) electrons. The standard InChI is InChI=1S/C12H24N2O/c1-10(8-11(2)15)14-9-12(3,4)6-5-7-13/h10-11,14-15H,5-6,8-9H2,1-4H3. The van der Waals surface area contributed by atoms with Crippen LogP contribution in [-0.4, -0.2) is 23.8 Å².